The monoisotopic (exact) mass is 282 g/mol. The zero-order chi connectivity index (χ0) is 15.4. The van der Waals surface area contributed by atoms with Gasteiger partial charge in [0.15, 0.2) is 6.10 Å². The number of rotatable bonds is 4. The number of esters is 1. The van der Waals surface area contributed by atoms with E-state index >= 15 is 0 Å². The highest BCUT2D eigenvalue weighted by atomic mass is 16.5. The van der Waals surface area contributed by atoms with Crippen LogP contribution in [-0.4, -0.2) is 40.8 Å². The molecule has 5 nitrogen and oxygen atoms in total. The van der Waals surface area contributed by atoms with E-state index in [9.17, 15) is 14.7 Å². The number of hydrogen-bond donors (Lipinski definition) is 2. The third-order valence-electron chi connectivity index (χ3n) is 3.62. The van der Waals surface area contributed by atoms with Gasteiger partial charge in [0, 0.05) is 17.1 Å². The second-order valence-electron chi connectivity index (χ2n) is 5.32. The molecule has 1 rings (SSSR count). The van der Waals surface area contributed by atoms with E-state index in [-0.39, 0.29) is 11.5 Å². The minimum absolute atomic E-state index is 0.0471. The molecule has 0 amide bonds. The van der Waals surface area contributed by atoms with E-state index in [4.69, 9.17) is 9.84 Å². The highest BCUT2D eigenvalue weighted by Gasteiger charge is 2.42. The molecule has 0 unspecified atom stereocenters. The van der Waals surface area contributed by atoms with Gasteiger partial charge in [-0.25, -0.2) is 4.79 Å². The van der Waals surface area contributed by atoms with Gasteiger partial charge in [-0.15, -0.1) is 0 Å². The van der Waals surface area contributed by atoms with E-state index in [0.29, 0.717) is 5.57 Å². The molecular weight excluding hydrogens is 260 g/mol. The first-order chi connectivity index (χ1) is 9.33. The first-order valence-corrected chi connectivity index (χ1v) is 6.71. The van der Waals surface area contributed by atoms with Crippen molar-refractivity contribution in [3.8, 4) is 0 Å². The van der Waals surface area contributed by atoms with Crippen LogP contribution in [0.25, 0.3) is 0 Å². The lowest BCUT2D eigenvalue weighted by atomic mass is 9.77. The van der Waals surface area contributed by atoms with Crippen LogP contribution in [0, 0.1) is 11.8 Å². The number of aliphatic hydroxyl groups is 2. The van der Waals surface area contributed by atoms with Gasteiger partial charge in [0.2, 0.25) is 5.78 Å². The highest BCUT2D eigenvalue weighted by Crippen LogP contribution is 2.30. The van der Waals surface area contributed by atoms with Crippen LogP contribution in [0.2, 0.25) is 0 Å². The standard InChI is InChI=1S/C15H22O5/c1-5-9(4)15(19)20-14-12(8(2)3)11(17)6-10(7-16)13(14)18/h5-6,8,11-12,14,16-17H,7H2,1-4H3/b9-5+/t11-,12-,14+/m0/s1. The second-order valence-corrected chi connectivity index (χ2v) is 5.32. The van der Waals surface area contributed by atoms with Crippen molar-refractivity contribution in [3.63, 3.8) is 0 Å². The molecular formula is C15H22O5. The lowest BCUT2D eigenvalue weighted by Crippen LogP contribution is -2.47. The zero-order valence-corrected chi connectivity index (χ0v) is 12.3. The number of aliphatic hydroxyl groups excluding tert-OH is 2. The summed E-state index contributed by atoms with van der Waals surface area (Å²) in [6.07, 6.45) is 0.970. The summed E-state index contributed by atoms with van der Waals surface area (Å²) in [6, 6.07) is 0. The van der Waals surface area contributed by atoms with Gasteiger partial charge in [-0.1, -0.05) is 19.9 Å². The van der Waals surface area contributed by atoms with Gasteiger partial charge in [-0.05, 0) is 25.8 Å². The molecule has 0 fully saturated rings. The summed E-state index contributed by atoms with van der Waals surface area (Å²) >= 11 is 0. The third kappa shape index (κ3) is 3.35. The highest BCUT2D eigenvalue weighted by molar-refractivity contribution is 6.02. The maximum absolute atomic E-state index is 12.2. The number of ketones is 1. The summed E-state index contributed by atoms with van der Waals surface area (Å²) in [5, 5.41) is 19.3. The van der Waals surface area contributed by atoms with E-state index in [1.165, 1.54) is 6.08 Å². The van der Waals surface area contributed by atoms with Crippen LogP contribution in [0.4, 0.5) is 0 Å². The van der Waals surface area contributed by atoms with E-state index in [1.54, 1.807) is 19.9 Å². The van der Waals surface area contributed by atoms with E-state index in [1.807, 2.05) is 13.8 Å². The van der Waals surface area contributed by atoms with E-state index < -0.39 is 36.5 Å². The first kappa shape index (κ1) is 16.6. The topological polar surface area (TPSA) is 83.8 Å². The van der Waals surface area contributed by atoms with Crippen LogP contribution >= 0.6 is 0 Å². The second kappa shape index (κ2) is 6.81. The van der Waals surface area contributed by atoms with Crippen molar-refractivity contribution >= 4 is 11.8 Å². The molecule has 0 aromatic heterocycles. The van der Waals surface area contributed by atoms with Gasteiger partial charge in [0.1, 0.15) is 0 Å². The molecule has 0 spiro atoms. The van der Waals surface area contributed by atoms with Crippen molar-refractivity contribution in [2.45, 2.75) is 39.9 Å². The minimum Gasteiger partial charge on any atom is -0.450 e. The molecule has 0 aromatic carbocycles. The van der Waals surface area contributed by atoms with Crippen LogP contribution in [0.5, 0.6) is 0 Å². The Morgan fingerprint density at radius 2 is 2.10 bits per heavy atom. The van der Waals surface area contributed by atoms with Gasteiger partial charge in [-0.3, -0.25) is 4.79 Å². The summed E-state index contributed by atoms with van der Waals surface area (Å²) in [5.74, 6) is -1.57. The van der Waals surface area contributed by atoms with Crippen LogP contribution < -0.4 is 0 Å². The summed E-state index contributed by atoms with van der Waals surface area (Å²) in [5.41, 5.74) is 0.486. The summed E-state index contributed by atoms with van der Waals surface area (Å²) in [4.78, 5) is 24.1. The van der Waals surface area contributed by atoms with Crippen molar-refractivity contribution in [1.82, 2.24) is 0 Å². The van der Waals surface area contributed by atoms with Crippen molar-refractivity contribution in [1.29, 1.82) is 0 Å². The van der Waals surface area contributed by atoms with Crippen LogP contribution in [0.15, 0.2) is 23.3 Å². The molecule has 0 radical (unpaired) electrons. The minimum atomic E-state index is -1.06. The Labute approximate surface area is 118 Å². The Morgan fingerprint density at radius 3 is 2.55 bits per heavy atom. The first-order valence-electron chi connectivity index (χ1n) is 6.71. The van der Waals surface area contributed by atoms with Gasteiger partial charge >= 0.3 is 5.97 Å². The molecule has 0 bridgehead atoms. The molecule has 20 heavy (non-hydrogen) atoms. The smallest absolute Gasteiger partial charge is 0.334 e. The largest absolute Gasteiger partial charge is 0.450 e. The fourth-order valence-electron chi connectivity index (χ4n) is 2.27. The van der Waals surface area contributed by atoms with Crippen molar-refractivity contribution in [3.05, 3.63) is 23.3 Å². The quantitative estimate of drug-likeness (QED) is 0.593. The molecule has 2 N–H and O–H groups in total. The molecule has 3 atom stereocenters. The van der Waals surface area contributed by atoms with Crippen LogP contribution in [-0.2, 0) is 14.3 Å². The Hall–Kier alpha value is -1.46. The normalized spacial score (nSPS) is 27.6. The molecule has 0 heterocycles. The predicted molar refractivity (Wildman–Crippen MR) is 73.8 cm³/mol. The molecule has 0 saturated heterocycles. The van der Waals surface area contributed by atoms with Crippen molar-refractivity contribution in [2.75, 3.05) is 6.61 Å². The van der Waals surface area contributed by atoms with Crippen LogP contribution in [0.3, 0.4) is 0 Å². The molecule has 0 saturated carbocycles. The Kier molecular flexibility index (Phi) is 5.65. The Balaban J connectivity index is 3.08. The van der Waals surface area contributed by atoms with E-state index in [0.717, 1.165) is 0 Å². The molecule has 5 heteroatoms. The SMILES string of the molecule is C/C=C(\C)C(=O)O[C@H]1C(=O)C(CO)=C[C@H](O)[C@@H]1C(C)C. The molecule has 112 valence electrons. The lowest BCUT2D eigenvalue weighted by molar-refractivity contribution is -0.158. The average Bonchev–Trinajstić information content (AvgIpc) is 2.40. The van der Waals surface area contributed by atoms with Gasteiger partial charge < -0.3 is 14.9 Å². The summed E-state index contributed by atoms with van der Waals surface area (Å²) in [7, 11) is 0. The van der Waals surface area contributed by atoms with Gasteiger partial charge in [0.05, 0.1) is 12.7 Å². The zero-order valence-electron chi connectivity index (χ0n) is 12.3. The molecule has 1 aliphatic rings. The average molecular weight is 282 g/mol. The maximum Gasteiger partial charge on any atom is 0.334 e. The van der Waals surface area contributed by atoms with Gasteiger partial charge in [-0.2, -0.15) is 0 Å². The summed E-state index contributed by atoms with van der Waals surface area (Å²) < 4.78 is 5.26. The Morgan fingerprint density at radius 1 is 1.50 bits per heavy atom. The third-order valence-corrected chi connectivity index (χ3v) is 3.62. The van der Waals surface area contributed by atoms with Crippen molar-refractivity contribution < 1.29 is 24.5 Å². The Bertz CT molecular complexity index is 447. The number of hydrogen-bond acceptors (Lipinski definition) is 5. The number of carbonyl (C=O) groups is 2. The van der Waals surface area contributed by atoms with E-state index in [2.05, 4.69) is 0 Å². The van der Waals surface area contributed by atoms with Crippen molar-refractivity contribution in [2.24, 2.45) is 11.8 Å². The molecule has 0 aromatic rings. The number of carbonyl (C=O) groups excluding carboxylic acids is 2. The van der Waals surface area contributed by atoms with Gasteiger partial charge in [0.25, 0.3) is 0 Å². The molecule has 1 aliphatic carbocycles. The fraction of sp³-hybridized carbons (Fsp3) is 0.600. The predicted octanol–water partition coefficient (Wildman–Crippen LogP) is 0.999. The maximum atomic E-state index is 12.2. The fourth-order valence-corrected chi connectivity index (χ4v) is 2.27. The number of ether oxygens (including phenoxy) is 1. The van der Waals surface area contributed by atoms with Crippen LogP contribution in [0.1, 0.15) is 27.7 Å². The lowest BCUT2D eigenvalue weighted by Gasteiger charge is -2.35. The number of allylic oxidation sites excluding steroid dienone is 1. The number of Topliss-reactive ketones (excluding diaryl/α,β-unsaturated/α-hetero) is 1. The molecule has 0 aliphatic heterocycles. The summed E-state index contributed by atoms with van der Waals surface area (Å²) in [6.45, 7) is 6.52.